The van der Waals surface area contributed by atoms with E-state index in [0.29, 0.717) is 30.2 Å². The lowest BCUT2D eigenvalue weighted by molar-refractivity contribution is -0.124. The van der Waals surface area contributed by atoms with Crippen molar-refractivity contribution in [2.24, 2.45) is 0 Å². The maximum atomic E-state index is 13.1. The molecule has 0 aliphatic carbocycles. The Hall–Kier alpha value is -3.02. The maximum Gasteiger partial charge on any atom is 0.254 e. The predicted molar refractivity (Wildman–Crippen MR) is 108 cm³/mol. The largest absolute Gasteiger partial charge is 0.497 e. The summed E-state index contributed by atoms with van der Waals surface area (Å²) in [5.74, 6) is 0.797. The van der Waals surface area contributed by atoms with E-state index in [9.17, 15) is 9.59 Å². The average molecular weight is 382 g/mol. The van der Waals surface area contributed by atoms with Gasteiger partial charge in [-0.2, -0.15) is 0 Å². The van der Waals surface area contributed by atoms with Crippen molar-refractivity contribution in [1.82, 2.24) is 4.90 Å². The quantitative estimate of drug-likeness (QED) is 0.797. The van der Waals surface area contributed by atoms with Crippen LogP contribution < -0.4 is 14.4 Å². The van der Waals surface area contributed by atoms with Crippen molar-refractivity contribution in [3.63, 3.8) is 0 Å². The SMILES string of the molecule is CCc1ccccc1N1CCN(C(=O)c2cc(OC)cc(OC)c2)[C@H](C)C1=O. The summed E-state index contributed by atoms with van der Waals surface area (Å²) in [7, 11) is 3.08. The molecule has 2 amide bonds. The summed E-state index contributed by atoms with van der Waals surface area (Å²) in [5, 5.41) is 0. The number of nitrogens with zero attached hydrogens (tertiary/aromatic N) is 2. The van der Waals surface area contributed by atoms with Crippen LogP contribution in [-0.2, 0) is 11.2 Å². The van der Waals surface area contributed by atoms with E-state index in [1.807, 2.05) is 24.3 Å². The van der Waals surface area contributed by atoms with Crippen LogP contribution in [0, 0.1) is 0 Å². The molecule has 0 aromatic heterocycles. The molecule has 1 aliphatic rings. The van der Waals surface area contributed by atoms with Crippen LogP contribution in [0.3, 0.4) is 0 Å². The zero-order valence-electron chi connectivity index (χ0n) is 16.8. The van der Waals surface area contributed by atoms with Crippen LogP contribution in [0.1, 0.15) is 29.8 Å². The number of hydrogen-bond donors (Lipinski definition) is 0. The minimum Gasteiger partial charge on any atom is -0.497 e. The normalized spacial score (nSPS) is 16.9. The van der Waals surface area contributed by atoms with Crippen LogP contribution in [0.5, 0.6) is 11.5 Å². The van der Waals surface area contributed by atoms with Crippen molar-refractivity contribution in [3.05, 3.63) is 53.6 Å². The summed E-state index contributed by atoms with van der Waals surface area (Å²) in [4.78, 5) is 29.6. The summed E-state index contributed by atoms with van der Waals surface area (Å²) in [6.07, 6.45) is 0.848. The number of amides is 2. The van der Waals surface area contributed by atoms with Gasteiger partial charge in [0.1, 0.15) is 17.5 Å². The van der Waals surface area contributed by atoms with E-state index in [1.54, 1.807) is 49.1 Å². The number of carbonyl (C=O) groups excluding carboxylic acids is 2. The highest BCUT2D eigenvalue weighted by molar-refractivity contribution is 6.04. The molecule has 28 heavy (non-hydrogen) atoms. The van der Waals surface area contributed by atoms with E-state index in [0.717, 1.165) is 17.7 Å². The number of piperazine rings is 1. The fraction of sp³-hybridized carbons (Fsp3) is 0.364. The first-order valence-corrected chi connectivity index (χ1v) is 9.43. The van der Waals surface area contributed by atoms with Gasteiger partial charge in [0.25, 0.3) is 5.91 Å². The second-order valence-electron chi connectivity index (χ2n) is 6.75. The van der Waals surface area contributed by atoms with Gasteiger partial charge in [-0.15, -0.1) is 0 Å². The standard InChI is InChI=1S/C22H26N2O4/c1-5-16-8-6-7-9-20(16)24-11-10-23(15(2)21(24)25)22(26)17-12-18(27-3)14-19(13-17)28-4/h6-9,12-15H,5,10-11H2,1-4H3/t15-/m1/s1. The van der Waals surface area contributed by atoms with Crippen LogP contribution in [0.4, 0.5) is 5.69 Å². The summed E-state index contributed by atoms with van der Waals surface area (Å²) in [5.41, 5.74) is 2.50. The Balaban J connectivity index is 1.85. The molecule has 6 nitrogen and oxygen atoms in total. The van der Waals surface area contributed by atoms with Crippen LogP contribution in [0.15, 0.2) is 42.5 Å². The molecular formula is C22H26N2O4. The Morgan fingerprint density at radius 3 is 2.32 bits per heavy atom. The van der Waals surface area contributed by atoms with Gasteiger partial charge in [0.05, 0.1) is 14.2 Å². The number of aryl methyl sites for hydroxylation is 1. The molecule has 0 unspecified atom stereocenters. The molecule has 1 heterocycles. The zero-order valence-corrected chi connectivity index (χ0v) is 16.8. The Morgan fingerprint density at radius 2 is 1.71 bits per heavy atom. The van der Waals surface area contributed by atoms with Crippen LogP contribution in [-0.4, -0.2) is 50.1 Å². The Bertz CT molecular complexity index is 858. The summed E-state index contributed by atoms with van der Waals surface area (Å²) >= 11 is 0. The van der Waals surface area contributed by atoms with Crippen LogP contribution in [0.2, 0.25) is 0 Å². The predicted octanol–water partition coefficient (Wildman–Crippen LogP) is 3.14. The Morgan fingerprint density at radius 1 is 1.07 bits per heavy atom. The third kappa shape index (κ3) is 3.67. The third-order valence-electron chi connectivity index (χ3n) is 5.18. The molecule has 3 rings (SSSR count). The summed E-state index contributed by atoms with van der Waals surface area (Å²) in [6.45, 7) is 4.78. The number of hydrogen-bond acceptors (Lipinski definition) is 4. The second-order valence-corrected chi connectivity index (χ2v) is 6.75. The van der Waals surface area contributed by atoms with Crippen molar-refractivity contribution in [2.75, 3.05) is 32.2 Å². The molecule has 2 aromatic carbocycles. The first-order chi connectivity index (χ1) is 13.5. The van der Waals surface area contributed by atoms with Gasteiger partial charge in [0.2, 0.25) is 5.91 Å². The van der Waals surface area contributed by atoms with Crippen molar-refractivity contribution < 1.29 is 19.1 Å². The number of carbonyl (C=O) groups is 2. The molecular weight excluding hydrogens is 356 g/mol. The first kappa shape index (κ1) is 19.7. The first-order valence-electron chi connectivity index (χ1n) is 9.43. The van der Waals surface area contributed by atoms with Gasteiger partial charge >= 0.3 is 0 Å². The van der Waals surface area contributed by atoms with Gasteiger partial charge in [0.15, 0.2) is 0 Å². The van der Waals surface area contributed by atoms with E-state index in [-0.39, 0.29) is 11.8 Å². The van der Waals surface area contributed by atoms with Gasteiger partial charge in [-0.1, -0.05) is 25.1 Å². The van der Waals surface area contributed by atoms with Crippen LogP contribution in [0.25, 0.3) is 0 Å². The van der Waals surface area contributed by atoms with E-state index in [1.165, 1.54) is 0 Å². The molecule has 0 saturated carbocycles. The highest BCUT2D eigenvalue weighted by atomic mass is 16.5. The summed E-state index contributed by atoms with van der Waals surface area (Å²) < 4.78 is 10.5. The number of rotatable bonds is 5. The van der Waals surface area contributed by atoms with E-state index in [4.69, 9.17) is 9.47 Å². The molecule has 6 heteroatoms. The number of para-hydroxylation sites is 1. The average Bonchev–Trinajstić information content (AvgIpc) is 2.74. The monoisotopic (exact) mass is 382 g/mol. The van der Waals surface area contributed by atoms with E-state index >= 15 is 0 Å². The van der Waals surface area contributed by atoms with Gasteiger partial charge < -0.3 is 19.3 Å². The fourth-order valence-corrected chi connectivity index (χ4v) is 3.56. The van der Waals surface area contributed by atoms with Gasteiger partial charge in [-0.25, -0.2) is 0 Å². The number of benzene rings is 2. The molecule has 0 spiro atoms. The smallest absolute Gasteiger partial charge is 0.254 e. The topological polar surface area (TPSA) is 59.1 Å². The van der Waals surface area contributed by atoms with Gasteiger partial charge in [-0.3, -0.25) is 9.59 Å². The highest BCUT2D eigenvalue weighted by Crippen LogP contribution is 2.28. The molecule has 2 aromatic rings. The molecule has 1 saturated heterocycles. The maximum absolute atomic E-state index is 13.1. The molecule has 0 radical (unpaired) electrons. The number of methoxy groups -OCH3 is 2. The molecule has 1 fully saturated rings. The fourth-order valence-electron chi connectivity index (χ4n) is 3.56. The van der Waals surface area contributed by atoms with Crippen molar-refractivity contribution in [1.29, 1.82) is 0 Å². The number of anilines is 1. The lowest BCUT2D eigenvalue weighted by Gasteiger charge is -2.39. The van der Waals surface area contributed by atoms with Crippen molar-refractivity contribution in [2.45, 2.75) is 26.3 Å². The van der Waals surface area contributed by atoms with Gasteiger partial charge in [-0.05, 0) is 37.1 Å². The van der Waals surface area contributed by atoms with E-state index < -0.39 is 6.04 Å². The van der Waals surface area contributed by atoms with Crippen LogP contribution >= 0.6 is 0 Å². The lowest BCUT2D eigenvalue weighted by atomic mass is 10.1. The second kappa shape index (κ2) is 8.33. The minimum absolute atomic E-state index is 0.0737. The Kier molecular flexibility index (Phi) is 5.87. The third-order valence-corrected chi connectivity index (χ3v) is 5.18. The molecule has 148 valence electrons. The lowest BCUT2D eigenvalue weighted by Crippen LogP contribution is -2.58. The molecule has 1 aliphatic heterocycles. The minimum atomic E-state index is -0.552. The Labute approximate surface area is 165 Å². The molecule has 1 atom stereocenters. The van der Waals surface area contributed by atoms with E-state index in [2.05, 4.69) is 6.92 Å². The van der Waals surface area contributed by atoms with Gasteiger partial charge in [0, 0.05) is 30.4 Å². The number of ether oxygens (including phenoxy) is 2. The molecule has 0 N–H and O–H groups in total. The molecule has 0 bridgehead atoms. The summed E-state index contributed by atoms with van der Waals surface area (Å²) in [6, 6.07) is 12.4. The highest BCUT2D eigenvalue weighted by Gasteiger charge is 2.36. The zero-order chi connectivity index (χ0) is 20.3. The van der Waals surface area contributed by atoms with Crippen molar-refractivity contribution >= 4 is 17.5 Å². The van der Waals surface area contributed by atoms with Crippen molar-refractivity contribution in [3.8, 4) is 11.5 Å².